The first-order chi connectivity index (χ1) is 14.0. The van der Waals surface area contributed by atoms with E-state index >= 15 is 0 Å². The molecular weight excluding hydrogens is 412 g/mol. The molecule has 1 fully saturated rings. The summed E-state index contributed by atoms with van der Waals surface area (Å²) in [6.07, 6.45) is 1.39. The van der Waals surface area contributed by atoms with Crippen molar-refractivity contribution in [2.45, 2.75) is 22.1 Å². The Morgan fingerprint density at radius 3 is 2.52 bits per heavy atom. The topological polar surface area (TPSA) is 98.4 Å². The summed E-state index contributed by atoms with van der Waals surface area (Å²) >= 11 is 1.42. The summed E-state index contributed by atoms with van der Waals surface area (Å²) in [7, 11) is -3.55. The summed E-state index contributed by atoms with van der Waals surface area (Å²) in [6, 6.07) is 12.8. The van der Waals surface area contributed by atoms with Crippen molar-refractivity contribution in [1.82, 2.24) is 19.5 Å². The van der Waals surface area contributed by atoms with Crippen LogP contribution in [0.25, 0.3) is 11.5 Å². The number of hydrogen-bond donors (Lipinski definition) is 0. The molecule has 1 saturated heterocycles. The maximum absolute atomic E-state index is 12.7. The SMILES string of the molecule is C[C@H](Sc1ccc(S(=O)(=O)N2CCOCC2)cn1)c1nnc(-c2ccccc2)o1. The largest absolute Gasteiger partial charge is 0.419 e. The van der Waals surface area contributed by atoms with E-state index in [1.165, 1.54) is 22.3 Å². The maximum Gasteiger partial charge on any atom is 0.247 e. The molecular formula is C19H20N4O4S2. The van der Waals surface area contributed by atoms with E-state index in [1.54, 1.807) is 12.1 Å². The van der Waals surface area contributed by atoms with Crippen LogP contribution >= 0.6 is 11.8 Å². The van der Waals surface area contributed by atoms with Gasteiger partial charge in [0.05, 0.1) is 23.5 Å². The predicted molar refractivity (Wildman–Crippen MR) is 108 cm³/mol. The van der Waals surface area contributed by atoms with E-state index in [1.807, 2.05) is 37.3 Å². The van der Waals surface area contributed by atoms with Crippen molar-refractivity contribution in [3.63, 3.8) is 0 Å². The van der Waals surface area contributed by atoms with Gasteiger partial charge in [-0.1, -0.05) is 30.0 Å². The molecule has 3 heterocycles. The number of rotatable bonds is 6. The number of benzene rings is 1. The van der Waals surface area contributed by atoms with Crippen molar-refractivity contribution in [2.75, 3.05) is 26.3 Å². The summed E-state index contributed by atoms with van der Waals surface area (Å²) in [4.78, 5) is 4.49. The lowest BCUT2D eigenvalue weighted by Crippen LogP contribution is -2.40. The molecule has 0 spiro atoms. The van der Waals surface area contributed by atoms with Crippen molar-refractivity contribution >= 4 is 21.8 Å². The van der Waals surface area contributed by atoms with Gasteiger partial charge in [0.2, 0.25) is 21.8 Å². The van der Waals surface area contributed by atoms with Gasteiger partial charge in [0.15, 0.2) is 0 Å². The molecule has 1 atom stereocenters. The molecule has 0 aliphatic carbocycles. The number of sulfonamides is 1. The molecule has 10 heteroatoms. The summed E-state index contributed by atoms with van der Waals surface area (Å²) in [5.41, 5.74) is 0.860. The van der Waals surface area contributed by atoms with Crippen molar-refractivity contribution in [1.29, 1.82) is 0 Å². The van der Waals surface area contributed by atoms with Crippen LogP contribution in [0.1, 0.15) is 18.1 Å². The van der Waals surface area contributed by atoms with Gasteiger partial charge in [-0.2, -0.15) is 4.31 Å². The summed E-state index contributed by atoms with van der Waals surface area (Å²) < 4.78 is 37.8. The standard InChI is InChI=1S/C19H20N4O4S2/c1-14(18-21-22-19(27-18)15-5-3-2-4-6-15)28-17-8-7-16(13-20-17)29(24,25)23-9-11-26-12-10-23/h2-8,13-14H,9-12H2,1H3/t14-/m0/s1. The zero-order valence-electron chi connectivity index (χ0n) is 15.8. The third-order valence-corrected chi connectivity index (χ3v) is 7.34. The fraction of sp³-hybridized carbons (Fsp3) is 0.316. The Labute approximate surface area is 173 Å². The quantitative estimate of drug-likeness (QED) is 0.548. The highest BCUT2D eigenvalue weighted by Gasteiger charge is 2.26. The molecule has 0 saturated carbocycles. The summed E-state index contributed by atoms with van der Waals surface area (Å²) in [5, 5.41) is 8.78. The molecule has 29 heavy (non-hydrogen) atoms. The Hall–Kier alpha value is -2.27. The van der Waals surface area contributed by atoms with Crippen LogP contribution in [0.5, 0.6) is 0 Å². The van der Waals surface area contributed by atoms with Gasteiger partial charge in [-0.3, -0.25) is 0 Å². The molecule has 1 aromatic carbocycles. The third-order valence-electron chi connectivity index (χ3n) is 4.42. The number of ether oxygens (including phenoxy) is 1. The summed E-state index contributed by atoms with van der Waals surface area (Å²) in [6.45, 7) is 3.47. The monoisotopic (exact) mass is 432 g/mol. The van der Waals surface area contributed by atoms with Gasteiger partial charge in [0.25, 0.3) is 0 Å². The van der Waals surface area contributed by atoms with E-state index in [0.717, 1.165) is 5.56 Å². The molecule has 0 bridgehead atoms. The van der Waals surface area contributed by atoms with Crippen LogP contribution < -0.4 is 0 Å². The van der Waals surface area contributed by atoms with Crippen LogP contribution in [0, 0.1) is 0 Å². The number of hydrogen-bond acceptors (Lipinski definition) is 8. The zero-order valence-corrected chi connectivity index (χ0v) is 17.4. The first kappa shape index (κ1) is 20.0. The fourth-order valence-corrected chi connectivity index (χ4v) is 5.03. The highest BCUT2D eigenvalue weighted by molar-refractivity contribution is 7.99. The van der Waals surface area contributed by atoms with Gasteiger partial charge in [-0.05, 0) is 31.2 Å². The van der Waals surface area contributed by atoms with Gasteiger partial charge in [-0.25, -0.2) is 13.4 Å². The average Bonchev–Trinajstić information content (AvgIpc) is 3.26. The number of morpholine rings is 1. The minimum Gasteiger partial charge on any atom is -0.419 e. The zero-order chi connectivity index (χ0) is 20.3. The Kier molecular flexibility index (Phi) is 5.95. The van der Waals surface area contributed by atoms with Crippen molar-refractivity contribution in [3.8, 4) is 11.5 Å². The second kappa shape index (κ2) is 8.62. The Balaban J connectivity index is 1.44. The van der Waals surface area contributed by atoms with Gasteiger partial charge in [-0.15, -0.1) is 10.2 Å². The van der Waals surface area contributed by atoms with Crippen LogP contribution in [-0.4, -0.2) is 54.2 Å². The highest BCUT2D eigenvalue weighted by Crippen LogP contribution is 2.34. The molecule has 0 N–H and O–H groups in total. The lowest BCUT2D eigenvalue weighted by Gasteiger charge is -2.25. The lowest BCUT2D eigenvalue weighted by molar-refractivity contribution is 0.0730. The normalized spacial score (nSPS) is 16.6. The van der Waals surface area contributed by atoms with E-state index in [2.05, 4.69) is 15.2 Å². The molecule has 1 aliphatic rings. The van der Waals surface area contributed by atoms with Crippen molar-refractivity contribution < 1.29 is 17.6 Å². The second-order valence-electron chi connectivity index (χ2n) is 6.42. The van der Waals surface area contributed by atoms with Gasteiger partial charge >= 0.3 is 0 Å². The van der Waals surface area contributed by atoms with Crippen LogP contribution in [0.3, 0.4) is 0 Å². The smallest absolute Gasteiger partial charge is 0.247 e. The Morgan fingerprint density at radius 2 is 1.83 bits per heavy atom. The molecule has 8 nitrogen and oxygen atoms in total. The minimum atomic E-state index is -3.55. The highest BCUT2D eigenvalue weighted by atomic mass is 32.2. The lowest BCUT2D eigenvalue weighted by atomic mass is 10.2. The first-order valence-corrected chi connectivity index (χ1v) is 11.5. The molecule has 0 unspecified atom stereocenters. The van der Waals surface area contributed by atoms with Crippen molar-refractivity contribution in [3.05, 3.63) is 54.6 Å². The number of pyridine rings is 1. The molecule has 0 radical (unpaired) electrons. The molecule has 4 rings (SSSR count). The van der Waals surface area contributed by atoms with Crippen LogP contribution in [-0.2, 0) is 14.8 Å². The first-order valence-electron chi connectivity index (χ1n) is 9.13. The van der Waals surface area contributed by atoms with Gasteiger partial charge in [0.1, 0.15) is 4.90 Å². The number of nitrogens with zero attached hydrogens (tertiary/aromatic N) is 4. The summed E-state index contributed by atoms with van der Waals surface area (Å²) in [5.74, 6) is 0.952. The van der Waals surface area contributed by atoms with E-state index in [4.69, 9.17) is 9.15 Å². The molecule has 2 aromatic heterocycles. The third kappa shape index (κ3) is 4.50. The van der Waals surface area contributed by atoms with Crippen LogP contribution in [0.2, 0.25) is 0 Å². The fourth-order valence-electron chi connectivity index (χ4n) is 2.85. The van der Waals surface area contributed by atoms with E-state index in [9.17, 15) is 8.42 Å². The van der Waals surface area contributed by atoms with E-state index in [-0.39, 0.29) is 10.1 Å². The Morgan fingerprint density at radius 1 is 1.07 bits per heavy atom. The maximum atomic E-state index is 12.7. The predicted octanol–water partition coefficient (Wildman–Crippen LogP) is 3.01. The molecule has 152 valence electrons. The average molecular weight is 433 g/mol. The van der Waals surface area contributed by atoms with Crippen molar-refractivity contribution in [2.24, 2.45) is 0 Å². The van der Waals surface area contributed by atoms with Crippen LogP contribution in [0.15, 0.2) is 63.0 Å². The van der Waals surface area contributed by atoms with Gasteiger partial charge in [0, 0.05) is 24.8 Å². The van der Waals surface area contributed by atoms with Crippen LogP contribution in [0.4, 0.5) is 0 Å². The second-order valence-corrected chi connectivity index (χ2v) is 9.72. The number of thioether (sulfide) groups is 1. The Bertz CT molecular complexity index is 1050. The molecule has 3 aromatic rings. The van der Waals surface area contributed by atoms with E-state index < -0.39 is 10.0 Å². The molecule has 0 amide bonds. The molecule has 1 aliphatic heterocycles. The number of aromatic nitrogens is 3. The van der Waals surface area contributed by atoms with Gasteiger partial charge < -0.3 is 9.15 Å². The van der Waals surface area contributed by atoms with E-state index in [0.29, 0.717) is 43.1 Å². The minimum absolute atomic E-state index is 0.130.